The minimum atomic E-state index is 0.0889. The second kappa shape index (κ2) is 4.36. The van der Waals surface area contributed by atoms with Crippen LogP contribution in [0.2, 0.25) is 0 Å². The Balaban J connectivity index is 1.86. The number of aryl methyl sites for hydroxylation is 1. The Morgan fingerprint density at radius 2 is 1.89 bits per heavy atom. The van der Waals surface area contributed by atoms with Crippen LogP contribution in [0.15, 0.2) is 18.2 Å². The average molecular weight is 257 g/mol. The number of fused-ring (bicyclic) bond motifs is 1. The van der Waals surface area contributed by atoms with E-state index in [1.165, 1.54) is 36.8 Å². The van der Waals surface area contributed by atoms with Gasteiger partial charge in [-0.15, -0.1) is 0 Å². The van der Waals surface area contributed by atoms with Crippen LogP contribution in [-0.4, -0.2) is 5.91 Å². The standard InChI is InChI=1S/C17H23NO/c1-11-4-5-14-13(10-11)15(16(19)18-14)12-6-8-17(2,3)9-7-12/h4-5,10,12,15H,6-9H2,1-3H3,(H,18,19). The van der Waals surface area contributed by atoms with E-state index < -0.39 is 0 Å². The fourth-order valence-corrected chi connectivity index (χ4v) is 3.63. The van der Waals surface area contributed by atoms with Crippen molar-refractivity contribution in [3.63, 3.8) is 0 Å². The van der Waals surface area contributed by atoms with Crippen LogP contribution < -0.4 is 5.32 Å². The Bertz CT molecular complexity index is 508. The van der Waals surface area contributed by atoms with Crippen molar-refractivity contribution in [3.05, 3.63) is 29.3 Å². The van der Waals surface area contributed by atoms with E-state index >= 15 is 0 Å². The molecule has 1 amide bonds. The summed E-state index contributed by atoms with van der Waals surface area (Å²) in [6.07, 6.45) is 4.84. The number of hydrogen-bond acceptors (Lipinski definition) is 1. The summed E-state index contributed by atoms with van der Waals surface area (Å²) in [5.41, 5.74) is 3.97. The van der Waals surface area contributed by atoms with Crippen molar-refractivity contribution in [1.82, 2.24) is 0 Å². The number of carbonyl (C=O) groups excluding carboxylic acids is 1. The van der Waals surface area contributed by atoms with Gasteiger partial charge in [0.25, 0.3) is 0 Å². The summed E-state index contributed by atoms with van der Waals surface area (Å²) in [6, 6.07) is 6.32. The van der Waals surface area contributed by atoms with Crippen molar-refractivity contribution in [2.45, 2.75) is 52.4 Å². The molecule has 1 aliphatic carbocycles. The third-order valence-corrected chi connectivity index (χ3v) is 4.94. The lowest BCUT2D eigenvalue weighted by Crippen LogP contribution is -2.28. The molecular weight excluding hydrogens is 234 g/mol. The van der Waals surface area contributed by atoms with Gasteiger partial charge in [-0.3, -0.25) is 4.79 Å². The summed E-state index contributed by atoms with van der Waals surface area (Å²) >= 11 is 0. The first-order valence-corrected chi connectivity index (χ1v) is 7.38. The Morgan fingerprint density at radius 1 is 1.21 bits per heavy atom. The van der Waals surface area contributed by atoms with Crippen LogP contribution >= 0.6 is 0 Å². The predicted molar refractivity (Wildman–Crippen MR) is 78.3 cm³/mol. The molecule has 2 heteroatoms. The van der Waals surface area contributed by atoms with Gasteiger partial charge in [0.1, 0.15) is 0 Å². The molecule has 1 aliphatic heterocycles. The third kappa shape index (κ3) is 2.29. The largest absolute Gasteiger partial charge is 0.325 e. The van der Waals surface area contributed by atoms with E-state index in [0.29, 0.717) is 11.3 Å². The molecule has 1 heterocycles. The zero-order valence-electron chi connectivity index (χ0n) is 12.1. The van der Waals surface area contributed by atoms with E-state index in [1.807, 2.05) is 0 Å². The molecule has 19 heavy (non-hydrogen) atoms. The molecule has 0 bridgehead atoms. The fourth-order valence-electron chi connectivity index (χ4n) is 3.63. The van der Waals surface area contributed by atoms with E-state index in [0.717, 1.165) is 5.69 Å². The van der Waals surface area contributed by atoms with Crippen molar-refractivity contribution < 1.29 is 4.79 Å². The van der Waals surface area contributed by atoms with Crippen LogP contribution in [0.1, 0.15) is 56.6 Å². The quantitative estimate of drug-likeness (QED) is 0.800. The first-order valence-electron chi connectivity index (χ1n) is 7.38. The molecule has 102 valence electrons. The molecule has 1 N–H and O–H groups in total. The van der Waals surface area contributed by atoms with Gasteiger partial charge in [0.05, 0.1) is 5.92 Å². The molecule has 1 atom stereocenters. The van der Waals surface area contributed by atoms with Gasteiger partial charge in [-0.05, 0) is 55.6 Å². The summed E-state index contributed by atoms with van der Waals surface area (Å²) in [5.74, 6) is 0.826. The lowest BCUT2D eigenvalue weighted by Gasteiger charge is -2.36. The maximum atomic E-state index is 12.3. The number of carbonyl (C=O) groups is 1. The van der Waals surface area contributed by atoms with E-state index in [9.17, 15) is 4.79 Å². The van der Waals surface area contributed by atoms with Gasteiger partial charge in [0.2, 0.25) is 5.91 Å². The summed E-state index contributed by atoms with van der Waals surface area (Å²) in [4.78, 5) is 12.3. The summed E-state index contributed by atoms with van der Waals surface area (Å²) in [5, 5.41) is 3.05. The van der Waals surface area contributed by atoms with Gasteiger partial charge < -0.3 is 5.32 Å². The summed E-state index contributed by atoms with van der Waals surface area (Å²) < 4.78 is 0. The van der Waals surface area contributed by atoms with Crippen LogP contribution in [0, 0.1) is 18.3 Å². The molecular formula is C17H23NO. The average Bonchev–Trinajstić information content (AvgIpc) is 2.65. The van der Waals surface area contributed by atoms with Gasteiger partial charge in [0, 0.05) is 5.69 Å². The van der Waals surface area contributed by atoms with Crippen molar-refractivity contribution in [3.8, 4) is 0 Å². The molecule has 0 radical (unpaired) electrons. The van der Waals surface area contributed by atoms with Crippen molar-refractivity contribution in [2.75, 3.05) is 5.32 Å². The van der Waals surface area contributed by atoms with Gasteiger partial charge in [-0.1, -0.05) is 31.5 Å². The van der Waals surface area contributed by atoms with E-state index in [4.69, 9.17) is 0 Å². The molecule has 2 aliphatic rings. The molecule has 0 aromatic heterocycles. The highest BCUT2D eigenvalue weighted by Crippen LogP contribution is 2.47. The zero-order chi connectivity index (χ0) is 13.6. The van der Waals surface area contributed by atoms with Crippen molar-refractivity contribution >= 4 is 11.6 Å². The smallest absolute Gasteiger partial charge is 0.232 e. The molecule has 3 rings (SSSR count). The summed E-state index contributed by atoms with van der Waals surface area (Å²) in [7, 11) is 0. The number of nitrogens with one attached hydrogen (secondary N) is 1. The van der Waals surface area contributed by atoms with Gasteiger partial charge in [-0.2, -0.15) is 0 Å². The number of benzene rings is 1. The highest BCUT2D eigenvalue weighted by Gasteiger charge is 2.39. The van der Waals surface area contributed by atoms with Crippen LogP contribution in [-0.2, 0) is 4.79 Å². The Hall–Kier alpha value is -1.31. The molecule has 1 saturated carbocycles. The molecule has 1 unspecified atom stereocenters. The van der Waals surface area contributed by atoms with E-state index in [1.54, 1.807) is 0 Å². The second-order valence-electron chi connectivity index (χ2n) is 7.06. The first-order chi connectivity index (χ1) is 8.96. The SMILES string of the molecule is Cc1ccc2c(c1)C(C1CCC(C)(C)CC1)C(=O)N2. The van der Waals surface area contributed by atoms with Crippen LogP contribution in [0.3, 0.4) is 0 Å². The zero-order valence-corrected chi connectivity index (χ0v) is 12.1. The lowest BCUT2D eigenvalue weighted by atomic mass is 9.68. The van der Waals surface area contributed by atoms with Crippen LogP contribution in [0.4, 0.5) is 5.69 Å². The van der Waals surface area contributed by atoms with E-state index in [2.05, 4.69) is 44.3 Å². The van der Waals surface area contributed by atoms with Crippen LogP contribution in [0.25, 0.3) is 0 Å². The highest BCUT2D eigenvalue weighted by atomic mass is 16.2. The highest BCUT2D eigenvalue weighted by molar-refractivity contribution is 6.03. The monoisotopic (exact) mass is 257 g/mol. The number of amides is 1. The molecule has 2 nitrogen and oxygen atoms in total. The topological polar surface area (TPSA) is 29.1 Å². The van der Waals surface area contributed by atoms with Gasteiger partial charge in [-0.25, -0.2) is 0 Å². The predicted octanol–water partition coefficient (Wildman–Crippen LogP) is 4.25. The molecule has 1 fully saturated rings. The van der Waals surface area contributed by atoms with E-state index in [-0.39, 0.29) is 11.8 Å². The lowest BCUT2D eigenvalue weighted by molar-refractivity contribution is -0.118. The molecule has 0 spiro atoms. The number of rotatable bonds is 1. The normalized spacial score (nSPS) is 26.1. The van der Waals surface area contributed by atoms with Crippen molar-refractivity contribution in [2.24, 2.45) is 11.3 Å². The maximum Gasteiger partial charge on any atom is 0.232 e. The number of hydrogen-bond donors (Lipinski definition) is 1. The molecule has 1 aromatic carbocycles. The number of anilines is 1. The second-order valence-corrected chi connectivity index (χ2v) is 7.06. The first kappa shape index (κ1) is 12.7. The van der Waals surface area contributed by atoms with Gasteiger partial charge >= 0.3 is 0 Å². The minimum absolute atomic E-state index is 0.0889. The van der Waals surface area contributed by atoms with Gasteiger partial charge in [0.15, 0.2) is 0 Å². The fraction of sp³-hybridized carbons (Fsp3) is 0.588. The van der Waals surface area contributed by atoms with Crippen LogP contribution in [0.5, 0.6) is 0 Å². The molecule has 0 saturated heterocycles. The minimum Gasteiger partial charge on any atom is -0.325 e. The van der Waals surface area contributed by atoms with Crippen molar-refractivity contribution in [1.29, 1.82) is 0 Å². The Labute approximate surface area is 115 Å². The Morgan fingerprint density at radius 3 is 2.58 bits per heavy atom. The molecule has 1 aromatic rings. The Kier molecular flexibility index (Phi) is 2.92. The summed E-state index contributed by atoms with van der Waals surface area (Å²) in [6.45, 7) is 6.79. The maximum absolute atomic E-state index is 12.3. The third-order valence-electron chi connectivity index (χ3n) is 4.94.